The summed E-state index contributed by atoms with van der Waals surface area (Å²) >= 11 is 0. The van der Waals surface area contributed by atoms with Crippen LogP contribution >= 0.6 is 0 Å². The number of fused-ring (bicyclic) bond motifs is 1. The molecule has 0 saturated heterocycles. The van der Waals surface area contributed by atoms with Crippen LogP contribution in [0.1, 0.15) is 35.8 Å². The standard InChI is InChI=1S/C16H19F2N3/c1-11-10-21-6-2-3-12(16(21)20-11)8-19-9-13-7-14(17)4-5-15(13)18/h4-5,7,10,12,19H,2-3,6,8-9H2,1H3/t12-/m1/s1. The number of aromatic nitrogens is 2. The molecule has 1 N–H and O–H groups in total. The third kappa shape index (κ3) is 3.13. The topological polar surface area (TPSA) is 29.9 Å². The molecule has 0 saturated carbocycles. The van der Waals surface area contributed by atoms with E-state index in [-0.39, 0.29) is 5.82 Å². The molecule has 5 heteroatoms. The highest BCUT2D eigenvalue weighted by Crippen LogP contribution is 2.26. The number of nitrogens with one attached hydrogen (secondary N) is 1. The fourth-order valence-electron chi connectivity index (χ4n) is 2.96. The van der Waals surface area contributed by atoms with Gasteiger partial charge in [-0.25, -0.2) is 13.8 Å². The van der Waals surface area contributed by atoms with Gasteiger partial charge in [0.2, 0.25) is 0 Å². The van der Waals surface area contributed by atoms with Gasteiger partial charge in [-0.3, -0.25) is 0 Å². The summed E-state index contributed by atoms with van der Waals surface area (Å²) in [5.74, 6) is 0.664. The predicted molar refractivity (Wildman–Crippen MR) is 77.0 cm³/mol. The Bertz CT molecular complexity index is 636. The first kappa shape index (κ1) is 14.2. The zero-order valence-electron chi connectivity index (χ0n) is 12.1. The van der Waals surface area contributed by atoms with Crippen molar-refractivity contribution in [3.63, 3.8) is 0 Å². The van der Waals surface area contributed by atoms with Gasteiger partial charge in [-0.2, -0.15) is 0 Å². The van der Waals surface area contributed by atoms with Crippen LogP contribution in [0.5, 0.6) is 0 Å². The fourth-order valence-corrected chi connectivity index (χ4v) is 2.96. The Morgan fingerprint density at radius 3 is 3.10 bits per heavy atom. The molecule has 0 bridgehead atoms. The van der Waals surface area contributed by atoms with Crippen LogP contribution in [0.2, 0.25) is 0 Å². The van der Waals surface area contributed by atoms with E-state index in [9.17, 15) is 8.78 Å². The minimum atomic E-state index is -0.406. The summed E-state index contributed by atoms with van der Waals surface area (Å²) < 4.78 is 28.9. The lowest BCUT2D eigenvalue weighted by Crippen LogP contribution is -2.26. The summed E-state index contributed by atoms with van der Waals surface area (Å²) in [5.41, 5.74) is 1.40. The Balaban J connectivity index is 1.62. The molecule has 1 atom stereocenters. The summed E-state index contributed by atoms with van der Waals surface area (Å²) in [5, 5.41) is 3.23. The molecule has 0 unspecified atom stereocenters. The molecule has 1 aliphatic rings. The lowest BCUT2D eigenvalue weighted by Gasteiger charge is -2.23. The van der Waals surface area contributed by atoms with Crippen molar-refractivity contribution < 1.29 is 8.78 Å². The maximum Gasteiger partial charge on any atom is 0.127 e. The van der Waals surface area contributed by atoms with Crippen molar-refractivity contribution in [2.45, 2.75) is 38.8 Å². The van der Waals surface area contributed by atoms with Gasteiger partial charge < -0.3 is 9.88 Å². The molecule has 0 amide bonds. The quantitative estimate of drug-likeness (QED) is 0.938. The minimum Gasteiger partial charge on any atom is -0.334 e. The number of benzene rings is 1. The van der Waals surface area contributed by atoms with Crippen LogP contribution in [0.4, 0.5) is 8.78 Å². The highest BCUT2D eigenvalue weighted by atomic mass is 19.1. The Morgan fingerprint density at radius 1 is 1.38 bits per heavy atom. The van der Waals surface area contributed by atoms with Gasteiger partial charge in [0, 0.05) is 37.3 Å². The summed E-state index contributed by atoms with van der Waals surface area (Å²) in [6.07, 6.45) is 4.28. The van der Waals surface area contributed by atoms with Crippen LogP contribution < -0.4 is 5.32 Å². The molecule has 112 valence electrons. The first-order valence-electron chi connectivity index (χ1n) is 7.32. The van der Waals surface area contributed by atoms with Gasteiger partial charge in [0.1, 0.15) is 17.5 Å². The summed E-state index contributed by atoms with van der Waals surface area (Å²) in [6, 6.07) is 3.55. The van der Waals surface area contributed by atoms with Gasteiger partial charge in [0.05, 0.1) is 5.69 Å². The van der Waals surface area contributed by atoms with Crippen molar-refractivity contribution in [2.75, 3.05) is 6.54 Å². The van der Waals surface area contributed by atoms with E-state index in [0.29, 0.717) is 18.0 Å². The lowest BCUT2D eigenvalue weighted by atomic mass is 9.99. The van der Waals surface area contributed by atoms with Crippen LogP contribution in [0.15, 0.2) is 24.4 Å². The van der Waals surface area contributed by atoms with Crippen LogP contribution in [-0.4, -0.2) is 16.1 Å². The highest BCUT2D eigenvalue weighted by Gasteiger charge is 2.22. The van der Waals surface area contributed by atoms with Gasteiger partial charge >= 0.3 is 0 Å². The first-order valence-corrected chi connectivity index (χ1v) is 7.32. The molecule has 0 fully saturated rings. The number of halogens is 2. The fraction of sp³-hybridized carbons (Fsp3) is 0.438. The average Bonchev–Trinajstić information content (AvgIpc) is 2.84. The Hall–Kier alpha value is -1.75. The van der Waals surface area contributed by atoms with Crippen molar-refractivity contribution in [1.29, 1.82) is 0 Å². The average molecular weight is 291 g/mol. The Kier molecular flexibility index (Phi) is 4.01. The number of imidazole rings is 1. The van der Waals surface area contributed by atoms with Crippen LogP contribution in [0.3, 0.4) is 0 Å². The number of rotatable bonds is 4. The molecule has 0 radical (unpaired) electrons. The van der Waals surface area contributed by atoms with Gasteiger partial charge in [-0.05, 0) is 38.0 Å². The molecule has 0 aliphatic carbocycles. The molecule has 21 heavy (non-hydrogen) atoms. The monoisotopic (exact) mass is 291 g/mol. The molecule has 1 aromatic carbocycles. The van der Waals surface area contributed by atoms with E-state index in [2.05, 4.69) is 21.1 Å². The molecular weight excluding hydrogens is 272 g/mol. The smallest absolute Gasteiger partial charge is 0.127 e. The lowest BCUT2D eigenvalue weighted by molar-refractivity contribution is 0.421. The van der Waals surface area contributed by atoms with Gasteiger partial charge in [0.15, 0.2) is 0 Å². The molecular formula is C16H19F2N3. The van der Waals surface area contributed by atoms with E-state index >= 15 is 0 Å². The van der Waals surface area contributed by atoms with Crippen molar-refractivity contribution >= 4 is 0 Å². The molecule has 1 aromatic heterocycles. The van der Waals surface area contributed by atoms with Crippen LogP contribution in [0, 0.1) is 18.6 Å². The maximum absolute atomic E-state index is 13.6. The summed E-state index contributed by atoms with van der Waals surface area (Å²) in [6.45, 7) is 4.08. The van der Waals surface area contributed by atoms with E-state index < -0.39 is 5.82 Å². The SMILES string of the molecule is Cc1cn2c(n1)[C@@H](CNCc1cc(F)ccc1F)CCC2. The predicted octanol–water partition coefficient (Wildman–Crippen LogP) is 3.14. The zero-order valence-corrected chi connectivity index (χ0v) is 12.1. The van der Waals surface area contributed by atoms with Crippen molar-refractivity contribution in [2.24, 2.45) is 0 Å². The zero-order chi connectivity index (χ0) is 14.8. The van der Waals surface area contributed by atoms with Gasteiger partial charge in [-0.15, -0.1) is 0 Å². The number of aryl methyl sites for hydroxylation is 2. The van der Waals surface area contributed by atoms with Gasteiger partial charge in [0.25, 0.3) is 0 Å². The van der Waals surface area contributed by atoms with E-state index in [0.717, 1.165) is 43.5 Å². The van der Waals surface area contributed by atoms with E-state index in [1.165, 1.54) is 12.1 Å². The molecule has 1 aliphatic heterocycles. The van der Waals surface area contributed by atoms with Crippen LogP contribution in [-0.2, 0) is 13.1 Å². The Labute approximate surface area is 123 Å². The second-order valence-electron chi connectivity index (χ2n) is 5.64. The normalized spacial score (nSPS) is 17.8. The second kappa shape index (κ2) is 5.93. The van der Waals surface area contributed by atoms with Crippen molar-refractivity contribution in [3.05, 3.63) is 53.1 Å². The minimum absolute atomic E-state index is 0.333. The van der Waals surface area contributed by atoms with Crippen LogP contribution in [0.25, 0.3) is 0 Å². The second-order valence-corrected chi connectivity index (χ2v) is 5.64. The van der Waals surface area contributed by atoms with Crippen molar-refractivity contribution in [3.8, 4) is 0 Å². The molecule has 3 rings (SSSR count). The van der Waals surface area contributed by atoms with E-state index in [4.69, 9.17) is 0 Å². The highest BCUT2D eigenvalue weighted by molar-refractivity contribution is 5.18. The third-order valence-corrected chi connectivity index (χ3v) is 3.96. The first-order chi connectivity index (χ1) is 10.1. The maximum atomic E-state index is 13.6. The molecule has 0 spiro atoms. The molecule has 3 nitrogen and oxygen atoms in total. The molecule has 2 heterocycles. The van der Waals surface area contributed by atoms with Gasteiger partial charge in [-0.1, -0.05) is 0 Å². The number of hydrogen-bond acceptors (Lipinski definition) is 2. The third-order valence-electron chi connectivity index (χ3n) is 3.96. The molecule has 2 aromatic rings. The van der Waals surface area contributed by atoms with Crippen molar-refractivity contribution in [1.82, 2.24) is 14.9 Å². The summed E-state index contributed by atoms with van der Waals surface area (Å²) in [7, 11) is 0. The number of hydrogen-bond donors (Lipinski definition) is 1. The van der Waals surface area contributed by atoms with E-state index in [1.807, 2.05) is 6.92 Å². The Morgan fingerprint density at radius 2 is 2.24 bits per heavy atom. The number of nitrogens with zero attached hydrogens (tertiary/aromatic N) is 2. The van der Waals surface area contributed by atoms with E-state index in [1.54, 1.807) is 0 Å². The summed E-state index contributed by atoms with van der Waals surface area (Å²) in [4.78, 5) is 4.58. The largest absolute Gasteiger partial charge is 0.334 e.